The number of hydrogen-bond acceptors (Lipinski definition) is 1. The third-order valence-electron chi connectivity index (χ3n) is 2.46. The Morgan fingerprint density at radius 2 is 1.80 bits per heavy atom. The highest BCUT2D eigenvalue weighted by atomic mass is 35.5. The van der Waals surface area contributed by atoms with E-state index in [0.29, 0.717) is 20.8 Å². The summed E-state index contributed by atoms with van der Waals surface area (Å²) >= 11 is 17.5. The predicted octanol–water partition coefficient (Wildman–Crippen LogP) is 5.30. The van der Waals surface area contributed by atoms with Gasteiger partial charge in [-0.2, -0.15) is 0 Å². The molecular formula is C15H10Cl3NO. The fourth-order valence-electron chi connectivity index (χ4n) is 1.54. The molecule has 1 amide bonds. The van der Waals surface area contributed by atoms with Gasteiger partial charge in [0.2, 0.25) is 5.91 Å². The molecule has 0 saturated heterocycles. The molecule has 0 unspecified atom stereocenters. The first-order valence-electron chi connectivity index (χ1n) is 5.74. The number of halogens is 3. The van der Waals surface area contributed by atoms with Gasteiger partial charge in [0.25, 0.3) is 0 Å². The molecule has 102 valence electrons. The molecular weight excluding hydrogens is 317 g/mol. The number of anilines is 1. The average Bonchev–Trinajstić information content (AvgIpc) is 2.40. The van der Waals surface area contributed by atoms with Crippen LogP contribution in [0.2, 0.25) is 15.1 Å². The summed E-state index contributed by atoms with van der Waals surface area (Å²) in [5.41, 5.74) is 1.43. The lowest BCUT2D eigenvalue weighted by Gasteiger charge is -2.02. The van der Waals surface area contributed by atoms with Crippen LogP contribution in [-0.2, 0) is 4.79 Å². The Bertz CT molecular complexity index is 668. The van der Waals surface area contributed by atoms with Crippen molar-refractivity contribution in [2.45, 2.75) is 0 Å². The minimum Gasteiger partial charge on any atom is -0.322 e. The molecule has 1 N–H and O–H groups in total. The second-order valence-electron chi connectivity index (χ2n) is 4.01. The van der Waals surface area contributed by atoms with Crippen LogP contribution in [0.4, 0.5) is 5.69 Å². The predicted molar refractivity (Wildman–Crippen MR) is 85.6 cm³/mol. The van der Waals surface area contributed by atoms with E-state index in [1.54, 1.807) is 48.5 Å². The minimum absolute atomic E-state index is 0.252. The fourth-order valence-corrected chi connectivity index (χ4v) is 2.03. The summed E-state index contributed by atoms with van der Waals surface area (Å²) in [6.45, 7) is 0. The number of carbonyl (C=O) groups is 1. The largest absolute Gasteiger partial charge is 0.322 e. The number of benzene rings is 2. The van der Waals surface area contributed by atoms with E-state index in [4.69, 9.17) is 34.8 Å². The first-order valence-corrected chi connectivity index (χ1v) is 6.88. The van der Waals surface area contributed by atoms with Gasteiger partial charge in [-0.15, -0.1) is 0 Å². The van der Waals surface area contributed by atoms with Crippen LogP contribution in [0.5, 0.6) is 0 Å². The van der Waals surface area contributed by atoms with Crippen molar-refractivity contribution in [3.8, 4) is 0 Å². The van der Waals surface area contributed by atoms with Crippen molar-refractivity contribution in [3.05, 3.63) is 69.2 Å². The van der Waals surface area contributed by atoms with Crippen molar-refractivity contribution in [1.82, 2.24) is 0 Å². The van der Waals surface area contributed by atoms with Gasteiger partial charge in [0.15, 0.2) is 0 Å². The van der Waals surface area contributed by atoms with Crippen LogP contribution in [0.25, 0.3) is 6.08 Å². The van der Waals surface area contributed by atoms with E-state index < -0.39 is 0 Å². The standard InChI is InChI=1S/C15H10Cl3NO/c16-11-2-1-3-12(9-11)19-15(20)7-5-10-4-6-13(17)14(18)8-10/h1-9H,(H,19,20). The molecule has 5 heteroatoms. The number of amides is 1. The summed E-state index contributed by atoms with van der Waals surface area (Å²) in [7, 11) is 0. The molecule has 0 saturated carbocycles. The maximum atomic E-state index is 11.7. The van der Waals surface area contributed by atoms with E-state index in [1.807, 2.05) is 0 Å². The van der Waals surface area contributed by atoms with Gasteiger partial charge in [-0.1, -0.05) is 46.9 Å². The molecule has 2 nitrogen and oxygen atoms in total. The molecule has 0 heterocycles. The summed E-state index contributed by atoms with van der Waals surface area (Å²) in [5.74, 6) is -0.252. The molecule has 2 aromatic rings. The Kier molecular flexibility index (Phi) is 5.07. The molecule has 0 aliphatic rings. The highest BCUT2D eigenvalue weighted by Crippen LogP contribution is 2.23. The maximum absolute atomic E-state index is 11.7. The quantitative estimate of drug-likeness (QED) is 0.762. The van der Waals surface area contributed by atoms with E-state index in [1.165, 1.54) is 6.08 Å². The molecule has 0 bridgehead atoms. The van der Waals surface area contributed by atoms with Gasteiger partial charge in [0, 0.05) is 16.8 Å². The molecule has 0 aliphatic heterocycles. The van der Waals surface area contributed by atoms with E-state index in [0.717, 1.165) is 5.56 Å². The Morgan fingerprint density at radius 1 is 1.00 bits per heavy atom. The lowest BCUT2D eigenvalue weighted by Crippen LogP contribution is -2.07. The summed E-state index contributed by atoms with van der Waals surface area (Å²) in [6, 6.07) is 12.1. The third-order valence-corrected chi connectivity index (χ3v) is 3.44. The molecule has 20 heavy (non-hydrogen) atoms. The summed E-state index contributed by atoms with van der Waals surface area (Å²) in [5, 5.41) is 4.20. The van der Waals surface area contributed by atoms with Crippen molar-refractivity contribution >= 4 is 52.5 Å². The molecule has 0 spiro atoms. The second kappa shape index (κ2) is 6.80. The number of rotatable bonds is 3. The average molecular weight is 327 g/mol. The van der Waals surface area contributed by atoms with Crippen LogP contribution >= 0.6 is 34.8 Å². The van der Waals surface area contributed by atoms with Crippen LogP contribution in [0.1, 0.15) is 5.56 Å². The number of hydrogen-bond donors (Lipinski definition) is 1. The Balaban J connectivity index is 2.03. The van der Waals surface area contributed by atoms with Gasteiger partial charge in [-0.3, -0.25) is 4.79 Å². The van der Waals surface area contributed by atoms with E-state index in [-0.39, 0.29) is 5.91 Å². The molecule has 0 radical (unpaired) electrons. The van der Waals surface area contributed by atoms with Gasteiger partial charge in [0.05, 0.1) is 10.0 Å². The van der Waals surface area contributed by atoms with Gasteiger partial charge in [-0.25, -0.2) is 0 Å². The molecule has 0 aromatic heterocycles. The van der Waals surface area contributed by atoms with Gasteiger partial charge < -0.3 is 5.32 Å². The topological polar surface area (TPSA) is 29.1 Å². The van der Waals surface area contributed by atoms with Gasteiger partial charge >= 0.3 is 0 Å². The SMILES string of the molecule is O=C(C=Cc1ccc(Cl)c(Cl)c1)Nc1cccc(Cl)c1. The van der Waals surface area contributed by atoms with Crippen LogP contribution in [-0.4, -0.2) is 5.91 Å². The monoisotopic (exact) mass is 325 g/mol. The van der Waals surface area contributed by atoms with Crippen molar-refractivity contribution in [2.75, 3.05) is 5.32 Å². The van der Waals surface area contributed by atoms with E-state index in [9.17, 15) is 4.79 Å². The number of nitrogens with one attached hydrogen (secondary N) is 1. The fraction of sp³-hybridized carbons (Fsp3) is 0. The molecule has 0 aliphatic carbocycles. The van der Waals surface area contributed by atoms with Crippen LogP contribution in [0, 0.1) is 0 Å². The molecule has 2 rings (SSSR count). The smallest absolute Gasteiger partial charge is 0.248 e. The maximum Gasteiger partial charge on any atom is 0.248 e. The van der Waals surface area contributed by atoms with Gasteiger partial charge in [0.1, 0.15) is 0 Å². The summed E-state index contributed by atoms with van der Waals surface area (Å²) in [4.78, 5) is 11.7. The lowest BCUT2D eigenvalue weighted by atomic mass is 10.2. The van der Waals surface area contributed by atoms with Crippen LogP contribution < -0.4 is 5.32 Å². The zero-order chi connectivity index (χ0) is 14.5. The Morgan fingerprint density at radius 3 is 2.50 bits per heavy atom. The third kappa shape index (κ3) is 4.27. The van der Waals surface area contributed by atoms with Crippen molar-refractivity contribution in [1.29, 1.82) is 0 Å². The number of carbonyl (C=O) groups excluding carboxylic acids is 1. The highest BCUT2D eigenvalue weighted by Gasteiger charge is 2.00. The Hall–Kier alpha value is -1.48. The normalized spacial score (nSPS) is 10.8. The molecule has 0 fully saturated rings. The first-order chi connectivity index (χ1) is 9.54. The second-order valence-corrected chi connectivity index (χ2v) is 5.26. The summed E-state index contributed by atoms with van der Waals surface area (Å²) < 4.78 is 0. The Labute approximate surface area is 132 Å². The summed E-state index contributed by atoms with van der Waals surface area (Å²) in [6.07, 6.45) is 3.07. The molecule has 0 atom stereocenters. The zero-order valence-electron chi connectivity index (χ0n) is 10.2. The van der Waals surface area contributed by atoms with E-state index >= 15 is 0 Å². The van der Waals surface area contributed by atoms with Crippen molar-refractivity contribution in [2.24, 2.45) is 0 Å². The zero-order valence-corrected chi connectivity index (χ0v) is 12.5. The van der Waals surface area contributed by atoms with Crippen LogP contribution in [0.15, 0.2) is 48.5 Å². The highest BCUT2D eigenvalue weighted by molar-refractivity contribution is 6.42. The van der Waals surface area contributed by atoms with Crippen LogP contribution in [0.3, 0.4) is 0 Å². The lowest BCUT2D eigenvalue weighted by molar-refractivity contribution is -0.111. The van der Waals surface area contributed by atoms with E-state index in [2.05, 4.69) is 5.32 Å². The molecule has 2 aromatic carbocycles. The van der Waals surface area contributed by atoms with Crippen molar-refractivity contribution in [3.63, 3.8) is 0 Å². The first kappa shape index (κ1) is 14.9. The minimum atomic E-state index is -0.252. The van der Waals surface area contributed by atoms with Crippen molar-refractivity contribution < 1.29 is 4.79 Å². The van der Waals surface area contributed by atoms with Gasteiger partial charge in [-0.05, 0) is 42.0 Å².